The van der Waals surface area contributed by atoms with Crippen LogP contribution in [0.3, 0.4) is 0 Å². The molecule has 88 heavy (non-hydrogen) atoms. The molecule has 1 aliphatic carbocycles. The molecule has 2 aliphatic heterocycles. The summed E-state index contributed by atoms with van der Waals surface area (Å²) in [5.74, 6) is -1.12. The molecule has 2 heterocycles. The Hall–Kier alpha value is -6.22. The fourth-order valence-corrected chi connectivity index (χ4v) is 8.74. The number of hydrogen-bond acceptors (Lipinski definition) is 24. The molecule has 31 nitrogen and oxygen atoms in total. The zero-order valence-electron chi connectivity index (χ0n) is 54.8. The van der Waals surface area contributed by atoms with Crippen LogP contribution in [0.5, 0.6) is 0 Å². The van der Waals surface area contributed by atoms with E-state index >= 15 is 0 Å². The van der Waals surface area contributed by atoms with Crippen molar-refractivity contribution in [1.29, 1.82) is 0 Å². The summed E-state index contributed by atoms with van der Waals surface area (Å²) in [5.41, 5.74) is -7.49. The van der Waals surface area contributed by atoms with Crippen molar-refractivity contribution in [3.8, 4) is 0 Å². The monoisotopic (exact) mass is 1260 g/mol. The van der Waals surface area contributed by atoms with Crippen LogP contribution in [0.25, 0.3) is 0 Å². The molecule has 1 saturated heterocycles. The molecule has 0 radical (unpaired) electrons. The van der Waals surface area contributed by atoms with Gasteiger partial charge in [0.15, 0.2) is 6.29 Å². The van der Waals surface area contributed by atoms with E-state index in [9.17, 15) is 54.0 Å². The summed E-state index contributed by atoms with van der Waals surface area (Å²) >= 11 is 0. The van der Waals surface area contributed by atoms with Gasteiger partial charge < -0.3 is 104 Å². The highest BCUT2D eigenvalue weighted by atomic mass is 16.7. The normalized spacial score (nSPS) is 25.5. The molecule has 12 atom stereocenters. The highest BCUT2D eigenvalue weighted by Gasteiger charge is 2.55. The summed E-state index contributed by atoms with van der Waals surface area (Å²) in [6.07, 6.45) is -16.3. The molecule has 3 rings (SSSR count). The van der Waals surface area contributed by atoms with E-state index in [-0.39, 0.29) is 51.3 Å². The SMILES string of the molecule is CN(C(=O)OC(C)(C)C)[C@@H]1[C@@H](O)[C@@H](O[C@@H]2[C@@H](O)[C@H](O[C@H]3OC(CNCCCON=C(NC(=O)OC(C)(C)C)NC(=O)OC(C)(C)C)=CC[C@H]3NC(=O)OC(C)(C)C)[C@@H](NC(=O)OC(C)(C)C)C[C@H]2NC(=O)[C@@H](O)CCNC(=O)OC(C)(C)C)OC[C@]1(C)O. The van der Waals surface area contributed by atoms with Gasteiger partial charge in [-0.1, -0.05) is 0 Å². The molecule has 0 aromatic heterocycles. The maximum absolute atomic E-state index is 14.0. The number of aliphatic hydroxyl groups is 4. The smallest absolute Gasteiger partial charge is 0.414 e. The predicted octanol–water partition coefficient (Wildman–Crippen LogP) is 3.72. The van der Waals surface area contributed by atoms with Crippen LogP contribution < -0.4 is 37.2 Å². The van der Waals surface area contributed by atoms with Crippen molar-refractivity contribution < 1.29 is 106 Å². The zero-order chi connectivity index (χ0) is 67.1. The molecular formula is C57H101N9O22. The van der Waals surface area contributed by atoms with Crippen LogP contribution in [0, 0.1) is 0 Å². The summed E-state index contributed by atoms with van der Waals surface area (Å²) in [5, 5.41) is 69.9. The summed E-state index contributed by atoms with van der Waals surface area (Å²) < 4.78 is 58.0. The lowest BCUT2D eigenvalue weighted by molar-refractivity contribution is -0.311. The molecule has 3 aliphatic rings. The lowest BCUT2D eigenvalue weighted by Crippen LogP contribution is -2.71. The van der Waals surface area contributed by atoms with Gasteiger partial charge in [0, 0.05) is 13.6 Å². The second kappa shape index (κ2) is 31.5. The number of aliphatic hydroxyl groups excluding tert-OH is 3. The second-order valence-electron chi connectivity index (χ2n) is 27.8. The third-order valence-corrected chi connectivity index (χ3v) is 12.0. The maximum Gasteiger partial charge on any atom is 0.414 e. The molecule has 31 heteroatoms. The van der Waals surface area contributed by atoms with E-state index in [1.807, 2.05) is 0 Å². The van der Waals surface area contributed by atoms with Crippen molar-refractivity contribution >= 4 is 48.4 Å². The highest BCUT2D eigenvalue weighted by molar-refractivity contribution is 6.01. The number of rotatable bonds is 19. The predicted molar refractivity (Wildman–Crippen MR) is 315 cm³/mol. The lowest BCUT2D eigenvalue weighted by atomic mass is 9.82. The number of amides is 7. The molecule has 0 unspecified atom stereocenters. The Labute approximate surface area is 515 Å². The van der Waals surface area contributed by atoms with Gasteiger partial charge in [-0.15, -0.1) is 0 Å². The molecule has 0 bridgehead atoms. The van der Waals surface area contributed by atoms with E-state index < -0.39 is 162 Å². The Morgan fingerprint density at radius 3 is 1.62 bits per heavy atom. The Morgan fingerprint density at radius 2 is 1.11 bits per heavy atom. The summed E-state index contributed by atoms with van der Waals surface area (Å²) in [7, 11) is 1.29. The van der Waals surface area contributed by atoms with Crippen molar-refractivity contribution in [3.05, 3.63) is 11.8 Å². The Kier molecular flexibility index (Phi) is 27.2. The number of alkyl carbamates (subject to hydrolysis) is 5. The minimum atomic E-state index is -1.97. The van der Waals surface area contributed by atoms with E-state index in [1.54, 1.807) is 131 Å². The molecule has 11 N–H and O–H groups in total. The second-order valence-corrected chi connectivity index (χ2v) is 27.8. The van der Waals surface area contributed by atoms with Crippen molar-refractivity contribution in [2.45, 2.75) is 264 Å². The topological polar surface area (TPSA) is 402 Å². The van der Waals surface area contributed by atoms with E-state index in [0.717, 1.165) is 4.90 Å². The fraction of sp³-hybridized carbons (Fsp3) is 0.825. The highest BCUT2D eigenvalue weighted by Crippen LogP contribution is 2.35. The third-order valence-electron chi connectivity index (χ3n) is 12.0. The first-order valence-corrected chi connectivity index (χ1v) is 29.3. The van der Waals surface area contributed by atoms with Crippen LogP contribution in [-0.2, 0) is 57.0 Å². The van der Waals surface area contributed by atoms with E-state index in [0.29, 0.717) is 6.42 Å². The molecular weight excluding hydrogens is 1160 g/mol. The van der Waals surface area contributed by atoms with Crippen molar-refractivity contribution in [2.75, 3.05) is 39.9 Å². The minimum Gasteiger partial charge on any atom is -0.466 e. The molecule has 0 aromatic rings. The zero-order valence-corrected chi connectivity index (χ0v) is 54.8. The Morgan fingerprint density at radius 1 is 0.648 bits per heavy atom. The number of guanidine groups is 1. The summed E-state index contributed by atoms with van der Waals surface area (Å²) in [6.45, 7) is 30.5. The lowest BCUT2D eigenvalue weighted by Gasteiger charge is -2.50. The number of oxime groups is 1. The van der Waals surface area contributed by atoms with Gasteiger partial charge in [-0.05, 0) is 175 Å². The first-order chi connectivity index (χ1) is 40.1. The maximum atomic E-state index is 14.0. The van der Waals surface area contributed by atoms with Crippen LogP contribution in [0.1, 0.15) is 157 Å². The first-order valence-electron chi connectivity index (χ1n) is 29.3. The van der Waals surface area contributed by atoms with Crippen molar-refractivity contribution in [1.82, 2.24) is 42.1 Å². The van der Waals surface area contributed by atoms with Gasteiger partial charge in [-0.2, -0.15) is 0 Å². The van der Waals surface area contributed by atoms with Gasteiger partial charge in [0.25, 0.3) is 5.96 Å². The average Bonchev–Trinajstić information content (AvgIpc) is 0.878. The van der Waals surface area contributed by atoms with Gasteiger partial charge in [0.1, 0.15) is 82.1 Å². The molecule has 2 fully saturated rings. The van der Waals surface area contributed by atoms with Gasteiger partial charge in [-0.25, -0.2) is 28.8 Å². The average molecular weight is 1260 g/mol. The van der Waals surface area contributed by atoms with E-state index in [2.05, 4.69) is 42.4 Å². The first kappa shape index (κ1) is 76.0. The number of carbonyl (C=O) groups is 7. The van der Waals surface area contributed by atoms with E-state index in [4.69, 9.17) is 52.2 Å². The molecule has 0 aromatic carbocycles. The molecule has 1 saturated carbocycles. The van der Waals surface area contributed by atoms with Crippen molar-refractivity contribution in [3.63, 3.8) is 0 Å². The number of ether oxygens (including phenoxy) is 10. The standard InChI is InChI=1S/C57H101N9O22/c1-51(2,3)83-45(71)59-26-24-35(67)41(70)60-33-28-34(62-47(73)85-53(7,8)9)39(36(68)38(33)82-43-37(69)40(57(19,77)30-78-43)66(20)50(76)88-56(16,17)18)81-42-32(61-46(72)84-52(4,5)6)23-22-31(80-42)29-58-25-21-27-79-65-44(63-48(74)86-54(10,11)12)64-49(75)87-55(13,14)15/h22,32-40,42-43,58,67-69,77H,21,23-30H2,1-20H3,(H,59,71)(H,60,70)(H,61,72)(H,62,73)(H2,63,64,65,74,75)/t32-,33-,34+,35+,36-,37-,38+,39-,40-,42-,43-,57+/m1/s1. The Balaban J connectivity index is 2.04. The van der Waals surface area contributed by atoms with Crippen LogP contribution in [-0.4, -0.2) is 220 Å². The number of carbonyl (C=O) groups excluding carboxylic acids is 7. The van der Waals surface area contributed by atoms with Crippen LogP contribution in [0.15, 0.2) is 17.0 Å². The molecule has 0 spiro atoms. The number of likely N-dealkylation sites (N-methyl/N-ethyl adjacent to an activating group) is 1. The fourth-order valence-electron chi connectivity index (χ4n) is 8.74. The van der Waals surface area contributed by atoms with E-state index in [1.165, 1.54) is 14.0 Å². The third kappa shape index (κ3) is 28.1. The van der Waals surface area contributed by atoms with Crippen molar-refractivity contribution in [2.24, 2.45) is 5.16 Å². The van der Waals surface area contributed by atoms with Gasteiger partial charge >= 0.3 is 36.6 Å². The summed E-state index contributed by atoms with van der Waals surface area (Å²) in [6, 6.07) is -5.24. The van der Waals surface area contributed by atoms with Gasteiger partial charge in [-0.3, -0.25) is 15.4 Å². The Bertz CT molecular complexity index is 2370. The van der Waals surface area contributed by atoms with Crippen LogP contribution >= 0.6 is 0 Å². The minimum absolute atomic E-state index is 0.0279. The van der Waals surface area contributed by atoms with Gasteiger partial charge in [0.2, 0.25) is 12.2 Å². The van der Waals surface area contributed by atoms with Crippen LogP contribution in [0.4, 0.5) is 28.8 Å². The molecule has 7 amide bonds. The quantitative estimate of drug-likeness (QED) is 0.0288. The largest absolute Gasteiger partial charge is 0.466 e. The van der Waals surface area contributed by atoms with Crippen LogP contribution in [0.2, 0.25) is 0 Å². The number of nitrogens with one attached hydrogen (secondary N) is 7. The number of nitrogens with zero attached hydrogens (tertiary/aromatic N) is 2. The summed E-state index contributed by atoms with van der Waals surface area (Å²) in [4.78, 5) is 98.5. The number of hydrogen-bond donors (Lipinski definition) is 11. The van der Waals surface area contributed by atoms with Gasteiger partial charge in [0.05, 0.1) is 37.3 Å². The molecule has 506 valence electrons.